The number of nitrogens with one attached hydrogen (secondary N) is 1. The lowest BCUT2D eigenvalue weighted by Gasteiger charge is -2.37. The van der Waals surface area contributed by atoms with Crippen LogP contribution in [0.3, 0.4) is 0 Å². The number of benzene rings is 2. The van der Waals surface area contributed by atoms with Gasteiger partial charge in [0, 0.05) is 25.8 Å². The Morgan fingerprint density at radius 3 is 2.38 bits per heavy atom. The highest BCUT2D eigenvalue weighted by Crippen LogP contribution is 2.31. The van der Waals surface area contributed by atoms with E-state index in [1.807, 2.05) is 60.7 Å². The van der Waals surface area contributed by atoms with E-state index in [9.17, 15) is 9.59 Å². The number of carbonyl (C=O) groups excluding carboxylic acids is 2. The van der Waals surface area contributed by atoms with E-state index in [0.717, 1.165) is 11.4 Å². The number of urea groups is 1. The number of hydrogen-bond acceptors (Lipinski definition) is 4. The van der Waals surface area contributed by atoms with E-state index in [4.69, 9.17) is 4.74 Å². The average Bonchev–Trinajstić information content (AvgIpc) is 3.08. The molecule has 7 nitrogen and oxygen atoms in total. The summed E-state index contributed by atoms with van der Waals surface area (Å²) in [4.78, 5) is 33.5. The summed E-state index contributed by atoms with van der Waals surface area (Å²) >= 11 is 0. The van der Waals surface area contributed by atoms with E-state index >= 15 is 0 Å². The van der Waals surface area contributed by atoms with Crippen molar-refractivity contribution in [1.29, 1.82) is 0 Å². The van der Waals surface area contributed by atoms with Crippen molar-refractivity contribution in [1.82, 2.24) is 10.2 Å². The largest absolute Gasteiger partial charge is 0.486 e. The molecule has 0 unspecified atom stereocenters. The van der Waals surface area contributed by atoms with E-state index in [1.54, 1.807) is 16.8 Å². The minimum atomic E-state index is -0.794. The second kappa shape index (κ2) is 7.95. The fourth-order valence-electron chi connectivity index (χ4n) is 3.70. The highest BCUT2D eigenvalue weighted by molar-refractivity contribution is 6.09. The highest BCUT2D eigenvalue weighted by Gasteiger charge is 2.46. The number of piperidine rings is 1. The first-order valence-electron chi connectivity index (χ1n) is 9.73. The van der Waals surface area contributed by atoms with Crippen molar-refractivity contribution in [3.8, 4) is 5.75 Å². The van der Waals surface area contributed by atoms with Crippen molar-refractivity contribution >= 4 is 23.5 Å². The zero-order valence-corrected chi connectivity index (χ0v) is 16.4. The van der Waals surface area contributed by atoms with Crippen LogP contribution in [0.2, 0.25) is 0 Å². The number of anilines is 1. The predicted octanol–water partition coefficient (Wildman–Crippen LogP) is 2.68. The van der Waals surface area contributed by atoms with Crippen molar-refractivity contribution in [2.24, 2.45) is 4.99 Å². The number of amidine groups is 1. The molecule has 2 aromatic carbocycles. The molecule has 0 aliphatic carbocycles. The number of aliphatic imine (C=N–C) groups is 1. The smallest absolute Gasteiger partial charge is 0.324 e. The van der Waals surface area contributed by atoms with Gasteiger partial charge in [0.05, 0.1) is 0 Å². The molecule has 0 saturated carbocycles. The number of amides is 3. The summed E-state index contributed by atoms with van der Waals surface area (Å²) in [6, 6.07) is 18.9. The van der Waals surface area contributed by atoms with Gasteiger partial charge in [-0.3, -0.25) is 14.7 Å². The molecule has 1 fully saturated rings. The standard InChI is InChI=1S/C22H24N4O3/c1-25(17-8-4-2-5-9-17)21(28)26-14-12-22(13-15-26)20(27)23-19(24-22)16-29-18-10-6-3-7-11-18/h2-11H,12-16H2,1H3,(H,23,24,27). The number of para-hydroxylation sites is 2. The third-order valence-corrected chi connectivity index (χ3v) is 5.44. The van der Waals surface area contributed by atoms with E-state index in [1.165, 1.54) is 0 Å². The van der Waals surface area contributed by atoms with E-state index in [-0.39, 0.29) is 18.5 Å². The molecule has 0 atom stereocenters. The van der Waals surface area contributed by atoms with Gasteiger partial charge in [0.15, 0.2) is 0 Å². The minimum Gasteiger partial charge on any atom is -0.486 e. The maximum atomic E-state index is 12.8. The number of likely N-dealkylation sites (tertiary alicyclic amines) is 1. The van der Waals surface area contributed by atoms with Crippen LogP contribution >= 0.6 is 0 Å². The Kier molecular flexibility index (Phi) is 5.20. The van der Waals surface area contributed by atoms with Crippen LogP contribution < -0.4 is 15.0 Å². The molecule has 29 heavy (non-hydrogen) atoms. The molecule has 2 aliphatic rings. The number of ether oxygens (including phenoxy) is 1. The molecular formula is C22H24N4O3. The average molecular weight is 392 g/mol. The maximum absolute atomic E-state index is 12.8. The summed E-state index contributed by atoms with van der Waals surface area (Å²) in [5, 5.41) is 2.85. The zero-order chi connectivity index (χ0) is 20.3. The molecule has 7 heteroatoms. The van der Waals surface area contributed by atoms with E-state index < -0.39 is 5.54 Å². The topological polar surface area (TPSA) is 74.2 Å². The first kappa shape index (κ1) is 19.0. The predicted molar refractivity (Wildman–Crippen MR) is 111 cm³/mol. The van der Waals surface area contributed by atoms with Crippen LogP contribution in [0.4, 0.5) is 10.5 Å². The molecule has 2 aromatic rings. The van der Waals surface area contributed by atoms with Crippen molar-refractivity contribution in [3.05, 3.63) is 60.7 Å². The summed E-state index contributed by atoms with van der Waals surface area (Å²) < 4.78 is 5.70. The van der Waals surface area contributed by atoms with Crippen LogP contribution in [-0.4, -0.2) is 55.0 Å². The Balaban J connectivity index is 1.37. The molecule has 0 aromatic heterocycles. The minimum absolute atomic E-state index is 0.0685. The van der Waals surface area contributed by atoms with Gasteiger partial charge in [-0.15, -0.1) is 0 Å². The third-order valence-electron chi connectivity index (χ3n) is 5.44. The third kappa shape index (κ3) is 3.94. The van der Waals surface area contributed by atoms with E-state index in [0.29, 0.717) is 31.8 Å². The summed E-state index contributed by atoms with van der Waals surface area (Å²) in [7, 11) is 1.77. The first-order valence-corrected chi connectivity index (χ1v) is 9.73. The maximum Gasteiger partial charge on any atom is 0.324 e. The molecule has 2 aliphatic heterocycles. The summed E-state index contributed by atoms with van der Waals surface area (Å²) in [5.41, 5.74) is 0.0482. The molecule has 2 heterocycles. The molecular weight excluding hydrogens is 368 g/mol. The monoisotopic (exact) mass is 392 g/mol. The van der Waals surface area contributed by atoms with Gasteiger partial charge in [0.1, 0.15) is 23.7 Å². The number of nitrogens with zero attached hydrogens (tertiary/aromatic N) is 3. The lowest BCUT2D eigenvalue weighted by molar-refractivity contribution is -0.125. The molecule has 1 N–H and O–H groups in total. The van der Waals surface area contributed by atoms with Crippen molar-refractivity contribution in [3.63, 3.8) is 0 Å². The Labute approximate surface area is 170 Å². The van der Waals surface area contributed by atoms with Crippen molar-refractivity contribution in [2.75, 3.05) is 31.6 Å². The Morgan fingerprint density at radius 2 is 1.72 bits per heavy atom. The summed E-state index contributed by atoms with van der Waals surface area (Å²) in [5.74, 6) is 1.17. The highest BCUT2D eigenvalue weighted by atomic mass is 16.5. The van der Waals surface area contributed by atoms with Crippen LogP contribution in [0.25, 0.3) is 0 Å². The summed E-state index contributed by atoms with van der Waals surface area (Å²) in [6.45, 7) is 1.19. The van der Waals surface area contributed by atoms with Gasteiger partial charge in [-0.25, -0.2) is 4.79 Å². The molecule has 3 amide bonds. The fraction of sp³-hybridized carbons (Fsp3) is 0.318. The number of hydrogen-bond donors (Lipinski definition) is 1. The molecule has 0 bridgehead atoms. The van der Waals surface area contributed by atoms with Gasteiger partial charge in [-0.05, 0) is 37.1 Å². The van der Waals surface area contributed by atoms with Gasteiger partial charge in [0.25, 0.3) is 5.91 Å². The zero-order valence-electron chi connectivity index (χ0n) is 16.4. The second-order valence-electron chi connectivity index (χ2n) is 7.31. The van der Waals surface area contributed by atoms with Gasteiger partial charge in [-0.2, -0.15) is 0 Å². The van der Waals surface area contributed by atoms with Crippen LogP contribution in [0, 0.1) is 0 Å². The van der Waals surface area contributed by atoms with Crippen LogP contribution in [-0.2, 0) is 4.79 Å². The lowest BCUT2D eigenvalue weighted by atomic mass is 9.88. The van der Waals surface area contributed by atoms with Gasteiger partial charge in [-0.1, -0.05) is 36.4 Å². The summed E-state index contributed by atoms with van der Waals surface area (Å²) in [6.07, 6.45) is 1.00. The molecule has 150 valence electrons. The van der Waals surface area contributed by atoms with Gasteiger partial charge in [0.2, 0.25) is 0 Å². The Bertz CT molecular complexity index is 906. The van der Waals surface area contributed by atoms with Crippen LogP contribution in [0.1, 0.15) is 12.8 Å². The molecule has 1 saturated heterocycles. The SMILES string of the molecule is CN(C(=O)N1CCC2(CC1)N=C(COc1ccccc1)NC2=O)c1ccccc1. The second-order valence-corrected chi connectivity index (χ2v) is 7.31. The molecule has 0 radical (unpaired) electrons. The van der Waals surface area contributed by atoms with Gasteiger partial charge < -0.3 is 15.0 Å². The van der Waals surface area contributed by atoms with Gasteiger partial charge >= 0.3 is 6.03 Å². The quantitative estimate of drug-likeness (QED) is 0.869. The van der Waals surface area contributed by atoms with Crippen LogP contribution in [0.5, 0.6) is 5.75 Å². The molecule has 4 rings (SSSR count). The number of carbonyl (C=O) groups is 2. The fourth-order valence-corrected chi connectivity index (χ4v) is 3.70. The molecule has 1 spiro atoms. The Morgan fingerprint density at radius 1 is 1.10 bits per heavy atom. The van der Waals surface area contributed by atoms with Crippen molar-refractivity contribution in [2.45, 2.75) is 18.4 Å². The number of rotatable bonds is 4. The van der Waals surface area contributed by atoms with Crippen LogP contribution in [0.15, 0.2) is 65.7 Å². The first-order chi connectivity index (χ1) is 14.1. The normalized spacial score (nSPS) is 17.6. The van der Waals surface area contributed by atoms with E-state index in [2.05, 4.69) is 10.3 Å². The lowest BCUT2D eigenvalue weighted by Crippen LogP contribution is -2.53. The van der Waals surface area contributed by atoms with Crippen molar-refractivity contribution < 1.29 is 14.3 Å². The Hall–Kier alpha value is -3.35.